The normalized spacial score (nSPS) is 26.7. The molecule has 0 bridgehead atoms. The lowest BCUT2D eigenvalue weighted by Crippen LogP contribution is -2.26. The van der Waals surface area contributed by atoms with E-state index in [1.54, 1.807) is 6.07 Å². The highest BCUT2D eigenvalue weighted by Gasteiger charge is 2.33. The summed E-state index contributed by atoms with van der Waals surface area (Å²) in [7, 11) is 0. The van der Waals surface area contributed by atoms with Crippen molar-refractivity contribution in [2.24, 2.45) is 11.3 Å². The minimum atomic E-state index is -0.142. The van der Waals surface area contributed by atoms with E-state index < -0.39 is 0 Å². The number of rotatable bonds is 1. The Labute approximate surface area is 114 Å². The van der Waals surface area contributed by atoms with Crippen LogP contribution < -0.4 is 0 Å². The minimum Gasteiger partial charge on any atom is -0.361 e. The standard InChI is InChI=1S/C17H22FN/c1-11-6-12(9-17(2,3)8-11)15-10-19-16-5-4-13(18)7-14(15)16/h4-5,7,10-12,19H,6,8-9H2,1-3H3. The predicted octanol–water partition coefficient (Wildman–Crippen LogP) is 5.24. The molecule has 0 radical (unpaired) electrons. The van der Waals surface area contributed by atoms with Gasteiger partial charge in [-0.1, -0.05) is 20.8 Å². The van der Waals surface area contributed by atoms with Gasteiger partial charge < -0.3 is 4.98 Å². The van der Waals surface area contributed by atoms with E-state index in [0.717, 1.165) is 16.8 Å². The van der Waals surface area contributed by atoms with Crippen LogP contribution in [0.15, 0.2) is 24.4 Å². The molecule has 19 heavy (non-hydrogen) atoms. The van der Waals surface area contributed by atoms with Crippen molar-refractivity contribution in [3.63, 3.8) is 0 Å². The Morgan fingerprint density at radius 1 is 1.26 bits per heavy atom. The lowest BCUT2D eigenvalue weighted by molar-refractivity contribution is 0.169. The molecule has 1 nitrogen and oxygen atoms in total. The van der Waals surface area contributed by atoms with Crippen LogP contribution in [0.3, 0.4) is 0 Å². The summed E-state index contributed by atoms with van der Waals surface area (Å²) in [5.74, 6) is 1.15. The lowest BCUT2D eigenvalue weighted by Gasteiger charge is -2.39. The molecule has 1 aliphatic carbocycles. The molecule has 1 aromatic carbocycles. The van der Waals surface area contributed by atoms with Crippen LogP contribution in [0.4, 0.5) is 4.39 Å². The summed E-state index contributed by atoms with van der Waals surface area (Å²) >= 11 is 0. The van der Waals surface area contributed by atoms with E-state index in [-0.39, 0.29) is 5.82 Å². The van der Waals surface area contributed by atoms with Crippen molar-refractivity contribution in [1.29, 1.82) is 0 Å². The molecule has 2 atom stereocenters. The Kier molecular flexibility index (Phi) is 2.92. The zero-order valence-electron chi connectivity index (χ0n) is 12.0. The predicted molar refractivity (Wildman–Crippen MR) is 77.8 cm³/mol. The smallest absolute Gasteiger partial charge is 0.123 e. The van der Waals surface area contributed by atoms with Gasteiger partial charge in [0.05, 0.1) is 0 Å². The fourth-order valence-corrected chi connectivity index (χ4v) is 4.04. The molecule has 2 unspecified atom stereocenters. The number of nitrogens with one attached hydrogen (secondary N) is 1. The summed E-state index contributed by atoms with van der Waals surface area (Å²) in [6.45, 7) is 7.04. The van der Waals surface area contributed by atoms with E-state index in [4.69, 9.17) is 0 Å². The van der Waals surface area contributed by atoms with Gasteiger partial charge >= 0.3 is 0 Å². The summed E-state index contributed by atoms with van der Waals surface area (Å²) in [4.78, 5) is 3.29. The van der Waals surface area contributed by atoms with Gasteiger partial charge in [0.1, 0.15) is 5.82 Å². The van der Waals surface area contributed by atoms with Gasteiger partial charge in [0.2, 0.25) is 0 Å². The van der Waals surface area contributed by atoms with Crippen LogP contribution >= 0.6 is 0 Å². The van der Waals surface area contributed by atoms with E-state index in [2.05, 4.69) is 32.0 Å². The Morgan fingerprint density at radius 3 is 2.79 bits per heavy atom. The third-order valence-corrected chi connectivity index (χ3v) is 4.50. The van der Waals surface area contributed by atoms with Crippen LogP contribution in [0.2, 0.25) is 0 Å². The Balaban J connectivity index is 2.02. The van der Waals surface area contributed by atoms with Crippen LogP contribution in [-0.4, -0.2) is 4.98 Å². The molecule has 0 saturated heterocycles. The van der Waals surface area contributed by atoms with Crippen LogP contribution in [-0.2, 0) is 0 Å². The molecular weight excluding hydrogens is 237 g/mol. The second-order valence-electron chi connectivity index (χ2n) is 7.04. The Hall–Kier alpha value is -1.31. The monoisotopic (exact) mass is 259 g/mol. The van der Waals surface area contributed by atoms with E-state index in [1.807, 2.05) is 6.07 Å². The molecule has 0 aliphatic heterocycles. The van der Waals surface area contributed by atoms with Crippen LogP contribution in [0.25, 0.3) is 10.9 Å². The molecular formula is C17H22FN. The maximum absolute atomic E-state index is 13.5. The number of fused-ring (bicyclic) bond motifs is 1. The summed E-state index contributed by atoms with van der Waals surface area (Å²) in [5, 5.41) is 1.06. The number of benzene rings is 1. The molecule has 1 saturated carbocycles. The third-order valence-electron chi connectivity index (χ3n) is 4.50. The zero-order valence-corrected chi connectivity index (χ0v) is 12.0. The highest BCUT2D eigenvalue weighted by atomic mass is 19.1. The maximum atomic E-state index is 13.5. The van der Waals surface area contributed by atoms with E-state index >= 15 is 0 Å². The maximum Gasteiger partial charge on any atom is 0.123 e. The average Bonchev–Trinajstić information content (AvgIpc) is 2.68. The highest BCUT2D eigenvalue weighted by molar-refractivity contribution is 5.83. The third kappa shape index (κ3) is 2.41. The summed E-state index contributed by atoms with van der Waals surface area (Å²) in [6.07, 6.45) is 5.79. The Bertz CT molecular complexity index is 596. The van der Waals surface area contributed by atoms with Crippen molar-refractivity contribution >= 4 is 10.9 Å². The number of aromatic nitrogens is 1. The molecule has 0 spiro atoms. The van der Waals surface area contributed by atoms with Crippen LogP contribution in [0.5, 0.6) is 0 Å². The lowest BCUT2D eigenvalue weighted by atomic mass is 9.66. The molecule has 1 N–H and O–H groups in total. The number of halogens is 1. The SMILES string of the molecule is CC1CC(c2c[nH]c3ccc(F)cc23)CC(C)(C)C1. The van der Waals surface area contributed by atoms with Crippen molar-refractivity contribution in [2.75, 3.05) is 0 Å². The molecule has 3 rings (SSSR count). The fourth-order valence-electron chi connectivity index (χ4n) is 4.04. The first-order chi connectivity index (χ1) is 8.94. The zero-order chi connectivity index (χ0) is 13.6. The average molecular weight is 259 g/mol. The summed E-state index contributed by atoms with van der Waals surface area (Å²) in [5.41, 5.74) is 2.74. The van der Waals surface area contributed by atoms with Gasteiger partial charge in [0.15, 0.2) is 0 Å². The minimum absolute atomic E-state index is 0.142. The number of H-pyrrole nitrogens is 1. The van der Waals surface area contributed by atoms with Gasteiger partial charge in [0.25, 0.3) is 0 Å². The molecule has 2 aromatic rings. The van der Waals surface area contributed by atoms with Crippen molar-refractivity contribution in [3.05, 3.63) is 35.8 Å². The van der Waals surface area contributed by atoms with Gasteiger partial charge in [-0.2, -0.15) is 0 Å². The fraction of sp³-hybridized carbons (Fsp3) is 0.529. The van der Waals surface area contributed by atoms with E-state index in [0.29, 0.717) is 11.3 Å². The van der Waals surface area contributed by atoms with Crippen LogP contribution in [0.1, 0.15) is 51.5 Å². The summed E-state index contributed by atoms with van der Waals surface area (Å²) in [6, 6.07) is 5.04. The van der Waals surface area contributed by atoms with Crippen molar-refractivity contribution in [1.82, 2.24) is 4.98 Å². The second kappa shape index (κ2) is 4.36. The van der Waals surface area contributed by atoms with Crippen LogP contribution in [0, 0.1) is 17.2 Å². The largest absolute Gasteiger partial charge is 0.361 e. The number of aromatic amines is 1. The molecule has 102 valence electrons. The quantitative estimate of drug-likeness (QED) is 0.721. The van der Waals surface area contributed by atoms with Gasteiger partial charge in [0, 0.05) is 17.1 Å². The van der Waals surface area contributed by atoms with Gasteiger partial charge in [-0.25, -0.2) is 4.39 Å². The van der Waals surface area contributed by atoms with Gasteiger partial charge in [-0.15, -0.1) is 0 Å². The first kappa shape index (κ1) is 12.7. The molecule has 1 fully saturated rings. The second-order valence-corrected chi connectivity index (χ2v) is 7.04. The molecule has 1 aromatic heterocycles. The number of hydrogen-bond acceptors (Lipinski definition) is 0. The van der Waals surface area contributed by atoms with E-state index in [9.17, 15) is 4.39 Å². The Morgan fingerprint density at radius 2 is 2.05 bits per heavy atom. The first-order valence-corrected chi connectivity index (χ1v) is 7.21. The highest BCUT2D eigenvalue weighted by Crippen LogP contribution is 2.47. The topological polar surface area (TPSA) is 15.8 Å². The molecule has 1 aliphatic rings. The van der Waals surface area contributed by atoms with E-state index in [1.165, 1.54) is 30.9 Å². The van der Waals surface area contributed by atoms with Gasteiger partial charge in [-0.05, 0) is 60.3 Å². The van der Waals surface area contributed by atoms with Crippen molar-refractivity contribution < 1.29 is 4.39 Å². The first-order valence-electron chi connectivity index (χ1n) is 7.21. The van der Waals surface area contributed by atoms with Crippen molar-refractivity contribution in [2.45, 2.75) is 46.0 Å². The molecule has 1 heterocycles. The van der Waals surface area contributed by atoms with Crippen molar-refractivity contribution in [3.8, 4) is 0 Å². The molecule has 0 amide bonds. The van der Waals surface area contributed by atoms with Gasteiger partial charge in [-0.3, -0.25) is 0 Å². The molecule has 2 heteroatoms. The number of hydrogen-bond donors (Lipinski definition) is 1. The summed E-state index contributed by atoms with van der Waals surface area (Å²) < 4.78 is 13.5.